The van der Waals surface area contributed by atoms with Crippen molar-refractivity contribution in [2.24, 2.45) is 5.10 Å². The lowest BCUT2D eigenvalue weighted by atomic mass is 9.92. The summed E-state index contributed by atoms with van der Waals surface area (Å²) >= 11 is 0. The van der Waals surface area contributed by atoms with Crippen LogP contribution in [0, 0.1) is 13.8 Å². The fourth-order valence-electron chi connectivity index (χ4n) is 3.10. The lowest BCUT2D eigenvalue weighted by molar-refractivity contribution is 0.284. The quantitative estimate of drug-likeness (QED) is 0.428. The zero-order valence-corrected chi connectivity index (χ0v) is 19.3. The van der Waals surface area contributed by atoms with Crippen molar-refractivity contribution in [3.8, 4) is 11.5 Å². The molecule has 0 bridgehead atoms. The van der Waals surface area contributed by atoms with Gasteiger partial charge in [-0.1, -0.05) is 44.5 Å². The molecule has 0 radical (unpaired) electrons. The third-order valence-corrected chi connectivity index (χ3v) is 4.87. The van der Waals surface area contributed by atoms with E-state index in [0.717, 1.165) is 11.1 Å². The molecular formula is C24H29N5O3. The molecule has 2 aromatic carbocycles. The highest BCUT2D eigenvalue weighted by molar-refractivity contribution is 5.81. The number of methoxy groups -OCH3 is 1. The number of ether oxygens (including phenoxy) is 2. The maximum absolute atomic E-state index is 11.6. The normalized spacial score (nSPS) is 11.6. The summed E-state index contributed by atoms with van der Waals surface area (Å²) in [6.45, 7) is 10.5. The molecule has 0 unspecified atom stereocenters. The Morgan fingerprint density at radius 3 is 2.62 bits per heavy atom. The lowest BCUT2D eigenvalue weighted by Gasteiger charge is -2.18. The molecule has 8 nitrogen and oxygen atoms in total. The molecule has 0 aliphatic rings. The Kier molecular flexibility index (Phi) is 6.92. The fraction of sp³-hybridized carbons (Fsp3) is 0.333. The van der Waals surface area contributed by atoms with E-state index in [2.05, 4.69) is 57.8 Å². The number of hydrazone groups is 1. The Labute approximate surface area is 187 Å². The first-order chi connectivity index (χ1) is 15.2. The maximum Gasteiger partial charge on any atom is 0.363 e. The highest BCUT2D eigenvalue weighted by Gasteiger charge is 2.21. The third-order valence-electron chi connectivity index (χ3n) is 4.87. The Morgan fingerprint density at radius 2 is 1.91 bits per heavy atom. The minimum atomic E-state index is -0.539. The number of anilines is 1. The van der Waals surface area contributed by atoms with E-state index in [1.54, 1.807) is 13.3 Å². The molecule has 168 valence electrons. The summed E-state index contributed by atoms with van der Waals surface area (Å²) in [7, 11) is 1.60. The average molecular weight is 436 g/mol. The van der Waals surface area contributed by atoms with Gasteiger partial charge in [0, 0.05) is 5.41 Å². The summed E-state index contributed by atoms with van der Waals surface area (Å²) in [5, 5.41) is 10.7. The Morgan fingerprint density at radius 1 is 1.12 bits per heavy atom. The first-order valence-electron chi connectivity index (χ1n) is 10.3. The van der Waals surface area contributed by atoms with Crippen molar-refractivity contribution in [2.75, 3.05) is 12.5 Å². The fourth-order valence-corrected chi connectivity index (χ4v) is 3.10. The highest BCUT2D eigenvalue weighted by atomic mass is 16.5. The molecule has 1 heterocycles. The van der Waals surface area contributed by atoms with Crippen LogP contribution in [0.2, 0.25) is 0 Å². The lowest BCUT2D eigenvalue weighted by Crippen LogP contribution is -2.24. The summed E-state index contributed by atoms with van der Waals surface area (Å²) < 4.78 is 11.5. The van der Waals surface area contributed by atoms with Crippen LogP contribution in [0.4, 0.5) is 5.82 Å². The van der Waals surface area contributed by atoms with Gasteiger partial charge in [-0.3, -0.25) is 5.43 Å². The van der Waals surface area contributed by atoms with Crippen LogP contribution in [0.1, 0.15) is 48.7 Å². The number of aryl methyl sites for hydroxylation is 2. The predicted octanol–water partition coefficient (Wildman–Crippen LogP) is 4.11. The second-order valence-corrected chi connectivity index (χ2v) is 8.59. The van der Waals surface area contributed by atoms with Crippen molar-refractivity contribution < 1.29 is 9.47 Å². The van der Waals surface area contributed by atoms with E-state index < -0.39 is 5.69 Å². The van der Waals surface area contributed by atoms with Crippen molar-refractivity contribution >= 4 is 12.0 Å². The van der Waals surface area contributed by atoms with Crippen molar-refractivity contribution in [3.05, 3.63) is 74.8 Å². The van der Waals surface area contributed by atoms with Crippen molar-refractivity contribution in [3.63, 3.8) is 0 Å². The zero-order chi connectivity index (χ0) is 23.3. The smallest absolute Gasteiger partial charge is 0.363 e. The van der Waals surface area contributed by atoms with Crippen LogP contribution in [0.5, 0.6) is 11.5 Å². The van der Waals surface area contributed by atoms with Gasteiger partial charge in [0.05, 0.1) is 13.3 Å². The Balaban J connectivity index is 1.74. The van der Waals surface area contributed by atoms with E-state index in [4.69, 9.17) is 9.47 Å². The van der Waals surface area contributed by atoms with E-state index in [-0.39, 0.29) is 5.41 Å². The first-order valence-corrected chi connectivity index (χ1v) is 10.3. The van der Waals surface area contributed by atoms with Gasteiger partial charge in [0.2, 0.25) is 0 Å². The van der Waals surface area contributed by atoms with Crippen LogP contribution in [0.15, 0.2) is 46.3 Å². The predicted molar refractivity (Wildman–Crippen MR) is 126 cm³/mol. The molecule has 0 aliphatic heterocycles. The number of H-pyrrole nitrogens is 1. The molecule has 0 atom stereocenters. The number of aromatic amines is 1. The molecule has 0 fully saturated rings. The van der Waals surface area contributed by atoms with Gasteiger partial charge in [0.15, 0.2) is 17.3 Å². The van der Waals surface area contributed by atoms with Crippen molar-refractivity contribution in [1.82, 2.24) is 15.2 Å². The van der Waals surface area contributed by atoms with Gasteiger partial charge >= 0.3 is 5.69 Å². The summed E-state index contributed by atoms with van der Waals surface area (Å²) in [5.41, 5.74) is 6.89. The third kappa shape index (κ3) is 5.72. The number of hydrogen-bond acceptors (Lipinski definition) is 7. The summed E-state index contributed by atoms with van der Waals surface area (Å²) in [6, 6.07) is 11.9. The number of nitrogens with zero attached hydrogens (tertiary/aromatic N) is 3. The highest BCUT2D eigenvalue weighted by Crippen LogP contribution is 2.29. The monoisotopic (exact) mass is 435 g/mol. The second kappa shape index (κ2) is 9.64. The van der Waals surface area contributed by atoms with E-state index >= 15 is 0 Å². The standard InChI is InChI=1S/C24H29N5O3/c1-15-7-8-16(2)18(11-15)14-32-19-10-9-17(12-20(19)31-6)13-25-28-22-21(24(3,4)5)27-29-23(30)26-22/h7-13H,14H2,1-6H3,(H2,26,28,29,30)/b25-13+. The molecular weight excluding hydrogens is 406 g/mol. The van der Waals surface area contributed by atoms with Crippen molar-refractivity contribution in [2.45, 2.75) is 46.6 Å². The zero-order valence-electron chi connectivity index (χ0n) is 19.3. The number of rotatable bonds is 7. The maximum atomic E-state index is 11.6. The van der Waals surface area contributed by atoms with Gasteiger partial charge in [-0.15, -0.1) is 0 Å². The van der Waals surface area contributed by atoms with Gasteiger partial charge in [0.25, 0.3) is 0 Å². The van der Waals surface area contributed by atoms with Gasteiger partial charge in [-0.2, -0.15) is 15.2 Å². The number of aromatic nitrogens is 3. The molecule has 0 saturated carbocycles. The van der Waals surface area contributed by atoms with Crippen LogP contribution in [-0.2, 0) is 12.0 Å². The van der Waals surface area contributed by atoms with Gasteiger partial charge in [-0.25, -0.2) is 9.89 Å². The van der Waals surface area contributed by atoms with Gasteiger partial charge in [0.1, 0.15) is 12.3 Å². The number of hydrogen-bond donors (Lipinski definition) is 2. The summed E-state index contributed by atoms with van der Waals surface area (Å²) in [5.74, 6) is 1.57. The molecule has 1 aromatic heterocycles. The largest absolute Gasteiger partial charge is 0.493 e. The average Bonchev–Trinajstić information content (AvgIpc) is 2.74. The van der Waals surface area contributed by atoms with E-state index in [9.17, 15) is 4.79 Å². The van der Waals surface area contributed by atoms with Gasteiger partial charge in [-0.05, 0) is 48.7 Å². The molecule has 2 N–H and O–H groups in total. The van der Waals surface area contributed by atoms with E-state index in [1.807, 2.05) is 39.0 Å². The minimum absolute atomic E-state index is 0.313. The summed E-state index contributed by atoms with van der Waals surface area (Å²) in [6.07, 6.45) is 1.62. The molecule has 3 rings (SSSR count). The number of benzene rings is 2. The second-order valence-electron chi connectivity index (χ2n) is 8.59. The first kappa shape index (κ1) is 23.0. The Hall–Kier alpha value is -3.68. The van der Waals surface area contributed by atoms with Crippen LogP contribution in [0.25, 0.3) is 0 Å². The van der Waals surface area contributed by atoms with E-state index in [0.29, 0.717) is 29.6 Å². The molecule has 0 saturated heterocycles. The summed E-state index contributed by atoms with van der Waals surface area (Å²) in [4.78, 5) is 15.5. The van der Waals surface area contributed by atoms with Gasteiger partial charge < -0.3 is 9.47 Å². The van der Waals surface area contributed by atoms with Crippen molar-refractivity contribution in [1.29, 1.82) is 0 Å². The van der Waals surface area contributed by atoms with Crippen LogP contribution < -0.4 is 20.6 Å². The van der Waals surface area contributed by atoms with E-state index in [1.165, 1.54) is 11.1 Å². The SMILES string of the molecule is COc1cc(/C=N/Nc2nc(=O)[nH]nc2C(C)(C)C)ccc1OCc1cc(C)ccc1C. The van der Waals surface area contributed by atoms with Crippen LogP contribution in [0.3, 0.4) is 0 Å². The minimum Gasteiger partial charge on any atom is -0.493 e. The van der Waals surface area contributed by atoms with Crippen LogP contribution in [-0.4, -0.2) is 28.5 Å². The topological polar surface area (TPSA) is 101 Å². The molecule has 0 aliphatic carbocycles. The molecule has 0 amide bonds. The molecule has 3 aromatic rings. The molecule has 0 spiro atoms. The molecule has 8 heteroatoms. The Bertz CT molecular complexity index is 1180. The van der Waals surface area contributed by atoms with Crippen LogP contribution >= 0.6 is 0 Å². The molecule has 32 heavy (non-hydrogen) atoms. The number of nitrogens with one attached hydrogen (secondary N) is 2.